The van der Waals surface area contributed by atoms with Crippen molar-refractivity contribution in [3.05, 3.63) is 78.9 Å². The first-order valence-electron chi connectivity index (χ1n) is 7.64. The minimum atomic E-state index is -0.435. The smallest absolute Gasteiger partial charge is 0.250 e. The molecule has 25 heavy (non-hydrogen) atoms. The molecule has 0 heterocycles. The van der Waals surface area contributed by atoms with Gasteiger partial charge in [-0.1, -0.05) is 31.4 Å². The molecule has 2 rings (SSSR count). The zero-order valence-electron chi connectivity index (χ0n) is 14.5. The number of primary amides is 1. The second kappa shape index (κ2) is 9.72. The monoisotopic (exact) mass is 337 g/mol. The van der Waals surface area contributed by atoms with Gasteiger partial charge in [-0.3, -0.25) is 9.59 Å². The zero-order valence-corrected chi connectivity index (χ0v) is 14.5. The van der Waals surface area contributed by atoms with E-state index in [0.717, 1.165) is 17.1 Å². The van der Waals surface area contributed by atoms with E-state index in [2.05, 4.69) is 23.8 Å². The van der Waals surface area contributed by atoms with E-state index in [-0.39, 0.29) is 5.91 Å². The maximum Gasteiger partial charge on any atom is 0.250 e. The van der Waals surface area contributed by atoms with Gasteiger partial charge in [-0.2, -0.15) is 0 Å². The fourth-order valence-electron chi connectivity index (χ4n) is 1.56. The molecule has 0 aliphatic heterocycles. The van der Waals surface area contributed by atoms with Crippen LogP contribution in [-0.2, 0) is 9.59 Å². The summed E-state index contributed by atoms with van der Waals surface area (Å²) in [7, 11) is 0. The Labute approximate surface area is 148 Å². The number of benzene rings is 2. The number of anilines is 3. The number of hydrogen-bond donors (Lipinski definition) is 3. The summed E-state index contributed by atoms with van der Waals surface area (Å²) in [5.41, 5.74) is 8.34. The maximum atomic E-state index is 11.5. The van der Waals surface area contributed by atoms with E-state index in [9.17, 15) is 9.59 Å². The third-order valence-corrected chi connectivity index (χ3v) is 3.01. The summed E-state index contributed by atoms with van der Waals surface area (Å²) >= 11 is 0. The van der Waals surface area contributed by atoms with E-state index in [1.54, 1.807) is 13.8 Å². The lowest BCUT2D eigenvalue weighted by Gasteiger charge is -2.08. The molecule has 0 aliphatic rings. The number of amides is 2. The highest BCUT2D eigenvalue weighted by Crippen LogP contribution is 2.18. The van der Waals surface area contributed by atoms with Gasteiger partial charge in [0.25, 0.3) is 5.91 Å². The van der Waals surface area contributed by atoms with Crippen molar-refractivity contribution < 1.29 is 9.59 Å². The largest absolute Gasteiger partial charge is 0.366 e. The molecule has 0 bridgehead atoms. The van der Waals surface area contributed by atoms with Crippen LogP contribution < -0.4 is 16.4 Å². The topological polar surface area (TPSA) is 84.2 Å². The summed E-state index contributed by atoms with van der Waals surface area (Å²) in [5.74, 6) is -0.598. The number of hydrogen-bond acceptors (Lipinski definition) is 3. The van der Waals surface area contributed by atoms with Crippen LogP contribution in [0.15, 0.2) is 78.9 Å². The highest BCUT2D eigenvalue weighted by molar-refractivity contribution is 6.02. The zero-order chi connectivity index (χ0) is 18.8. The molecule has 0 atom stereocenters. The number of nitrogens with one attached hydrogen (secondary N) is 2. The molecule has 5 heteroatoms. The number of nitrogens with two attached hydrogens (primary N) is 1. The predicted molar refractivity (Wildman–Crippen MR) is 104 cm³/mol. The Balaban J connectivity index is 0.000000450. The minimum Gasteiger partial charge on any atom is -0.366 e. The lowest BCUT2D eigenvalue weighted by Crippen LogP contribution is -2.11. The molecule has 130 valence electrons. The van der Waals surface area contributed by atoms with Crippen LogP contribution in [0.2, 0.25) is 0 Å². The van der Waals surface area contributed by atoms with Gasteiger partial charge in [-0.15, -0.1) is 0 Å². The van der Waals surface area contributed by atoms with Gasteiger partial charge in [0, 0.05) is 28.2 Å². The van der Waals surface area contributed by atoms with Crippen molar-refractivity contribution in [2.24, 2.45) is 5.73 Å². The Bertz CT molecular complexity index is 738. The van der Waals surface area contributed by atoms with E-state index in [0.29, 0.717) is 11.1 Å². The van der Waals surface area contributed by atoms with E-state index in [1.165, 1.54) is 0 Å². The Morgan fingerprint density at radius 2 is 1.24 bits per heavy atom. The van der Waals surface area contributed by atoms with Crippen molar-refractivity contribution in [1.29, 1.82) is 0 Å². The average molecular weight is 337 g/mol. The average Bonchev–Trinajstić information content (AvgIpc) is 2.58. The van der Waals surface area contributed by atoms with Crippen LogP contribution in [0.25, 0.3) is 0 Å². The van der Waals surface area contributed by atoms with Gasteiger partial charge in [0.05, 0.1) is 0 Å². The van der Waals surface area contributed by atoms with Crippen LogP contribution in [0.4, 0.5) is 17.1 Å². The summed E-state index contributed by atoms with van der Waals surface area (Å²) in [6.07, 6.45) is 0. The number of para-hydroxylation sites is 1. The van der Waals surface area contributed by atoms with E-state index >= 15 is 0 Å². The van der Waals surface area contributed by atoms with Crippen molar-refractivity contribution >= 4 is 28.9 Å². The number of rotatable bonds is 5. The third-order valence-electron chi connectivity index (χ3n) is 3.01. The first-order valence-corrected chi connectivity index (χ1v) is 7.64. The van der Waals surface area contributed by atoms with E-state index in [4.69, 9.17) is 5.73 Å². The van der Waals surface area contributed by atoms with Crippen LogP contribution in [0, 0.1) is 0 Å². The molecule has 2 aromatic carbocycles. The molecule has 0 radical (unpaired) electrons. The van der Waals surface area contributed by atoms with E-state index < -0.39 is 5.91 Å². The normalized spacial score (nSPS) is 9.20. The van der Waals surface area contributed by atoms with Gasteiger partial charge >= 0.3 is 0 Å². The minimum absolute atomic E-state index is 0.163. The second-order valence-corrected chi connectivity index (χ2v) is 5.45. The highest BCUT2D eigenvalue weighted by atomic mass is 16.2. The van der Waals surface area contributed by atoms with Crippen LogP contribution in [0.1, 0.15) is 13.8 Å². The summed E-state index contributed by atoms with van der Waals surface area (Å²) in [5, 5.41) is 6.04. The SMILES string of the molecule is C=C(C)C(=O)Nc1ccc(Nc2ccccc2)cc1.C=C(C)C(N)=O. The molecular formula is C20H23N3O2. The Morgan fingerprint density at radius 3 is 1.68 bits per heavy atom. The van der Waals surface area contributed by atoms with Crippen molar-refractivity contribution in [3.8, 4) is 0 Å². The molecule has 0 aromatic heterocycles. The molecular weight excluding hydrogens is 314 g/mol. The summed E-state index contributed by atoms with van der Waals surface area (Å²) in [4.78, 5) is 21.3. The van der Waals surface area contributed by atoms with Crippen molar-refractivity contribution in [2.45, 2.75) is 13.8 Å². The number of carbonyl (C=O) groups is 2. The summed E-state index contributed by atoms with van der Waals surface area (Å²) in [6, 6.07) is 17.5. The Morgan fingerprint density at radius 1 is 0.800 bits per heavy atom. The standard InChI is InChI=1S/C16H16N2O.C4H7NO/c1-12(2)16(19)18-15-10-8-14(9-11-15)17-13-6-4-3-5-7-13;1-3(2)4(5)6/h3-11,17H,1H2,2H3,(H,18,19);1H2,2H3,(H2,5,6). The highest BCUT2D eigenvalue weighted by Gasteiger charge is 2.02. The Kier molecular flexibility index (Phi) is 7.66. The fraction of sp³-hybridized carbons (Fsp3) is 0.100. The molecule has 0 saturated carbocycles. The fourth-order valence-corrected chi connectivity index (χ4v) is 1.56. The summed E-state index contributed by atoms with van der Waals surface area (Å²) < 4.78 is 0. The first kappa shape index (κ1) is 19.7. The third kappa shape index (κ3) is 7.65. The molecule has 0 saturated heterocycles. The molecule has 2 amide bonds. The molecule has 2 aromatic rings. The van der Waals surface area contributed by atoms with Crippen LogP contribution in [0.3, 0.4) is 0 Å². The van der Waals surface area contributed by atoms with E-state index in [1.807, 2.05) is 54.6 Å². The molecule has 0 unspecified atom stereocenters. The lowest BCUT2D eigenvalue weighted by atomic mass is 10.2. The second-order valence-electron chi connectivity index (χ2n) is 5.45. The van der Waals surface area contributed by atoms with Gasteiger partial charge in [-0.25, -0.2) is 0 Å². The van der Waals surface area contributed by atoms with Crippen LogP contribution in [-0.4, -0.2) is 11.8 Å². The molecule has 4 N–H and O–H groups in total. The van der Waals surface area contributed by atoms with Crippen molar-refractivity contribution in [1.82, 2.24) is 0 Å². The Hall–Kier alpha value is -3.34. The number of carbonyl (C=O) groups excluding carboxylic acids is 2. The first-order chi connectivity index (χ1) is 11.8. The molecule has 0 fully saturated rings. The van der Waals surface area contributed by atoms with Gasteiger partial charge in [-0.05, 0) is 50.2 Å². The summed E-state index contributed by atoms with van der Waals surface area (Å²) in [6.45, 7) is 10.1. The van der Waals surface area contributed by atoms with Gasteiger partial charge < -0.3 is 16.4 Å². The molecule has 0 spiro atoms. The molecule has 5 nitrogen and oxygen atoms in total. The van der Waals surface area contributed by atoms with Crippen LogP contribution in [0.5, 0.6) is 0 Å². The van der Waals surface area contributed by atoms with Gasteiger partial charge in [0.2, 0.25) is 5.91 Å². The van der Waals surface area contributed by atoms with Crippen LogP contribution >= 0.6 is 0 Å². The van der Waals surface area contributed by atoms with Gasteiger partial charge in [0.15, 0.2) is 0 Å². The quantitative estimate of drug-likeness (QED) is 0.721. The predicted octanol–water partition coefficient (Wildman–Crippen LogP) is 3.99. The maximum absolute atomic E-state index is 11.5. The molecule has 0 aliphatic carbocycles. The van der Waals surface area contributed by atoms with Crippen molar-refractivity contribution in [3.63, 3.8) is 0 Å². The van der Waals surface area contributed by atoms with Crippen molar-refractivity contribution in [2.75, 3.05) is 10.6 Å². The lowest BCUT2D eigenvalue weighted by molar-refractivity contribution is -0.114. The van der Waals surface area contributed by atoms with Gasteiger partial charge in [0.1, 0.15) is 0 Å².